The third-order valence-corrected chi connectivity index (χ3v) is 4.53. The zero-order valence-corrected chi connectivity index (χ0v) is 13.9. The number of carbonyl (C=O) groups excluding carboxylic acids is 1. The average Bonchev–Trinajstić information content (AvgIpc) is 3.30. The van der Waals surface area contributed by atoms with Gasteiger partial charge in [-0.3, -0.25) is 4.90 Å². The maximum Gasteiger partial charge on any atom is 0.317 e. The second-order valence-electron chi connectivity index (χ2n) is 6.17. The Morgan fingerprint density at radius 1 is 1.16 bits per heavy atom. The molecular formula is C18H20N4O3. The quantitative estimate of drug-likeness (QED) is 0.790. The number of nitrogens with one attached hydrogen (secondary N) is 1. The van der Waals surface area contributed by atoms with Crippen LogP contribution in [0.5, 0.6) is 0 Å². The van der Waals surface area contributed by atoms with Crippen LogP contribution in [0.1, 0.15) is 11.3 Å². The second-order valence-corrected chi connectivity index (χ2v) is 6.17. The summed E-state index contributed by atoms with van der Waals surface area (Å²) in [7, 11) is 0. The number of benzene rings is 1. The van der Waals surface area contributed by atoms with Gasteiger partial charge in [0, 0.05) is 56.3 Å². The van der Waals surface area contributed by atoms with Crippen molar-refractivity contribution < 1.29 is 13.7 Å². The Labute approximate surface area is 145 Å². The summed E-state index contributed by atoms with van der Waals surface area (Å²) in [5.41, 5.74) is 2.76. The molecule has 4 rings (SSSR count). The van der Waals surface area contributed by atoms with E-state index in [4.69, 9.17) is 8.94 Å². The van der Waals surface area contributed by atoms with E-state index < -0.39 is 0 Å². The lowest BCUT2D eigenvalue weighted by molar-refractivity contribution is 0.133. The fourth-order valence-corrected chi connectivity index (χ4v) is 3.11. The summed E-state index contributed by atoms with van der Waals surface area (Å²) >= 11 is 0. The van der Waals surface area contributed by atoms with Gasteiger partial charge in [0.15, 0.2) is 0 Å². The van der Waals surface area contributed by atoms with Crippen LogP contribution in [0, 0.1) is 0 Å². The number of para-hydroxylation sites is 1. The average molecular weight is 340 g/mol. The summed E-state index contributed by atoms with van der Waals surface area (Å²) in [5.74, 6) is 0. The maximum atomic E-state index is 12.4. The van der Waals surface area contributed by atoms with E-state index in [1.54, 1.807) is 12.5 Å². The van der Waals surface area contributed by atoms with Crippen LogP contribution in [-0.2, 0) is 13.1 Å². The number of nitrogens with zero attached hydrogens (tertiary/aromatic N) is 3. The normalized spacial score (nSPS) is 15.6. The van der Waals surface area contributed by atoms with E-state index in [0.29, 0.717) is 19.6 Å². The van der Waals surface area contributed by atoms with Crippen molar-refractivity contribution in [2.75, 3.05) is 26.2 Å². The molecule has 0 bridgehead atoms. The number of amides is 2. The Balaban J connectivity index is 1.28. The maximum absolute atomic E-state index is 12.4. The molecule has 1 aliphatic rings. The van der Waals surface area contributed by atoms with Gasteiger partial charge in [-0.05, 0) is 6.07 Å². The second kappa shape index (κ2) is 6.98. The van der Waals surface area contributed by atoms with Gasteiger partial charge in [0.1, 0.15) is 11.8 Å². The molecule has 2 amide bonds. The summed E-state index contributed by atoms with van der Waals surface area (Å²) in [5, 5.41) is 7.96. The highest BCUT2D eigenvalue weighted by molar-refractivity contribution is 5.81. The molecule has 130 valence electrons. The van der Waals surface area contributed by atoms with Crippen molar-refractivity contribution in [2.45, 2.75) is 13.1 Å². The molecule has 1 aromatic carbocycles. The molecule has 0 aliphatic carbocycles. The van der Waals surface area contributed by atoms with Crippen LogP contribution in [-0.4, -0.2) is 47.2 Å². The van der Waals surface area contributed by atoms with Crippen LogP contribution < -0.4 is 5.32 Å². The van der Waals surface area contributed by atoms with Crippen molar-refractivity contribution in [3.05, 3.63) is 54.1 Å². The Morgan fingerprint density at radius 3 is 2.80 bits per heavy atom. The molecule has 2 aromatic heterocycles. The summed E-state index contributed by atoms with van der Waals surface area (Å²) in [6.07, 6.45) is 3.29. The molecule has 1 fully saturated rings. The van der Waals surface area contributed by atoms with Crippen molar-refractivity contribution in [1.29, 1.82) is 0 Å². The molecule has 7 heteroatoms. The third-order valence-electron chi connectivity index (χ3n) is 4.53. The molecule has 1 N–H and O–H groups in total. The number of furan rings is 1. The summed E-state index contributed by atoms with van der Waals surface area (Å²) < 4.78 is 10.4. The van der Waals surface area contributed by atoms with Crippen LogP contribution in [0.3, 0.4) is 0 Å². The summed E-state index contributed by atoms with van der Waals surface area (Å²) in [6.45, 7) is 4.29. The molecule has 0 unspecified atom stereocenters. The first-order valence-electron chi connectivity index (χ1n) is 8.39. The molecular weight excluding hydrogens is 320 g/mol. The fourth-order valence-electron chi connectivity index (χ4n) is 3.11. The number of carbonyl (C=O) groups is 1. The van der Waals surface area contributed by atoms with E-state index in [9.17, 15) is 4.79 Å². The molecule has 1 aliphatic heterocycles. The fraction of sp³-hybridized carbons (Fsp3) is 0.333. The lowest BCUT2D eigenvalue weighted by Gasteiger charge is -2.34. The molecule has 0 radical (unpaired) electrons. The first kappa shape index (κ1) is 15.7. The van der Waals surface area contributed by atoms with Gasteiger partial charge in [-0.15, -0.1) is 0 Å². The molecule has 3 aromatic rings. The van der Waals surface area contributed by atoms with Gasteiger partial charge in [-0.2, -0.15) is 0 Å². The van der Waals surface area contributed by atoms with Crippen LogP contribution >= 0.6 is 0 Å². The van der Waals surface area contributed by atoms with E-state index in [2.05, 4.69) is 15.4 Å². The van der Waals surface area contributed by atoms with Crippen LogP contribution in [0.2, 0.25) is 0 Å². The van der Waals surface area contributed by atoms with Crippen LogP contribution in [0.4, 0.5) is 4.79 Å². The number of piperazine rings is 1. The van der Waals surface area contributed by atoms with Gasteiger partial charge in [-0.1, -0.05) is 23.4 Å². The van der Waals surface area contributed by atoms with Gasteiger partial charge >= 0.3 is 6.03 Å². The number of hydrogen-bond acceptors (Lipinski definition) is 5. The van der Waals surface area contributed by atoms with E-state index in [-0.39, 0.29) is 6.03 Å². The third kappa shape index (κ3) is 3.51. The van der Waals surface area contributed by atoms with E-state index in [1.165, 1.54) is 0 Å². The Morgan fingerprint density at radius 2 is 2.00 bits per heavy atom. The molecule has 3 heterocycles. The largest absolute Gasteiger partial charge is 0.464 e. The van der Waals surface area contributed by atoms with E-state index >= 15 is 0 Å². The highest BCUT2D eigenvalue weighted by Gasteiger charge is 2.21. The zero-order chi connectivity index (χ0) is 17.1. The van der Waals surface area contributed by atoms with Crippen LogP contribution in [0.15, 0.2) is 51.8 Å². The lowest BCUT2D eigenvalue weighted by Crippen LogP contribution is -2.51. The highest BCUT2D eigenvalue weighted by atomic mass is 16.5. The predicted molar refractivity (Wildman–Crippen MR) is 91.8 cm³/mol. The van der Waals surface area contributed by atoms with Crippen molar-refractivity contribution in [2.24, 2.45) is 0 Å². The first-order valence-corrected chi connectivity index (χ1v) is 8.39. The van der Waals surface area contributed by atoms with Gasteiger partial charge in [0.05, 0.1) is 12.0 Å². The number of aromatic nitrogens is 1. The number of urea groups is 1. The SMILES string of the molecule is O=C(NCc1coc2ccccc12)N1CCN(Cc2ccon2)CC1. The van der Waals surface area contributed by atoms with Crippen molar-refractivity contribution in [1.82, 2.24) is 20.3 Å². The lowest BCUT2D eigenvalue weighted by atomic mass is 10.2. The van der Waals surface area contributed by atoms with Gasteiger partial charge < -0.3 is 19.2 Å². The van der Waals surface area contributed by atoms with Gasteiger partial charge in [0.25, 0.3) is 0 Å². The highest BCUT2D eigenvalue weighted by Crippen LogP contribution is 2.20. The van der Waals surface area contributed by atoms with Gasteiger partial charge in [0.2, 0.25) is 0 Å². The van der Waals surface area contributed by atoms with Crippen molar-refractivity contribution in [3.8, 4) is 0 Å². The minimum absolute atomic E-state index is 0.0358. The molecule has 0 saturated carbocycles. The Bertz CT molecular complexity index is 835. The zero-order valence-electron chi connectivity index (χ0n) is 13.9. The van der Waals surface area contributed by atoms with Gasteiger partial charge in [-0.25, -0.2) is 4.79 Å². The molecule has 0 spiro atoms. The number of fused-ring (bicyclic) bond motifs is 1. The Kier molecular flexibility index (Phi) is 4.39. The monoisotopic (exact) mass is 340 g/mol. The molecule has 7 nitrogen and oxygen atoms in total. The van der Waals surface area contributed by atoms with Crippen LogP contribution in [0.25, 0.3) is 11.0 Å². The first-order chi connectivity index (χ1) is 12.3. The van der Waals surface area contributed by atoms with E-state index in [1.807, 2.05) is 35.2 Å². The molecule has 0 atom stereocenters. The van der Waals surface area contributed by atoms with Crippen molar-refractivity contribution >= 4 is 17.0 Å². The topological polar surface area (TPSA) is 74.8 Å². The summed E-state index contributed by atoms with van der Waals surface area (Å²) in [4.78, 5) is 16.5. The smallest absolute Gasteiger partial charge is 0.317 e. The Hall–Kier alpha value is -2.80. The van der Waals surface area contributed by atoms with Crippen molar-refractivity contribution in [3.63, 3.8) is 0 Å². The number of rotatable bonds is 4. The molecule has 25 heavy (non-hydrogen) atoms. The predicted octanol–water partition coefficient (Wildman–Crippen LogP) is 2.45. The number of hydrogen-bond donors (Lipinski definition) is 1. The standard InChI is InChI=1S/C18H20N4O3/c23-18(19-11-14-13-24-17-4-2-1-3-16(14)17)22-8-6-21(7-9-22)12-15-5-10-25-20-15/h1-5,10,13H,6-9,11-12H2,(H,19,23). The summed E-state index contributed by atoms with van der Waals surface area (Å²) in [6, 6.07) is 9.67. The molecule has 1 saturated heterocycles. The van der Waals surface area contributed by atoms with E-state index in [0.717, 1.165) is 41.9 Å². The minimum atomic E-state index is -0.0358. The minimum Gasteiger partial charge on any atom is -0.464 e.